The van der Waals surface area contributed by atoms with Crippen LogP contribution in [0.1, 0.15) is 92.9 Å². The van der Waals surface area contributed by atoms with Gasteiger partial charge in [-0.05, 0) is 76.0 Å². The van der Waals surface area contributed by atoms with Gasteiger partial charge in [0.2, 0.25) is 11.6 Å². The molecular weight excluding hydrogens is 544 g/mol. The van der Waals surface area contributed by atoms with E-state index < -0.39 is 47.9 Å². The van der Waals surface area contributed by atoms with Gasteiger partial charge in [-0.15, -0.1) is 0 Å². The summed E-state index contributed by atoms with van der Waals surface area (Å²) < 4.78 is 38.9. The van der Waals surface area contributed by atoms with E-state index in [0.717, 1.165) is 38.5 Å². The Labute approximate surface area is 249 Å². The van der Waals surface area contributed by atoms with Crippen LogP contribution in [0.5, 0.6) is 0 Å². The summed E-state index contributed by atoms with van der Waals surface area (Å²) in [7, 11) is 0. The highest BCUT2D eigenvalue weighted by molar-refractivity contribution is 5.10. The van der Waals surface area contributed by atoms with Crippen molar-refractivity contribution in [2.45, 2.75) is 141 Å². The summed E-state index contributed by atoms with van der Waals surface area (Å²) in [5.74, 6) is 0.881. The Kier molecular flexibility index (Phi) is 6.95. The Morgan fingerprint density at radius 1 is 0.548 bits per heavy atom. The van der Waals surface area contributed by atoms with Crippen molar-refractivity contribution in [3.05, 3.63) is 0 Å². The second kappa shape index (κ2) is 10.0. The van der Waals surface area contributed by atoms with Crippen LogP contribution in [0.15, 0.2) is 0 Å². The summed E-state index contributed by atoms with van der Waals surface area (Å²) in [6.45, 7) is 13.8. The number of rotatable bonds is 5. The van der Waals surface area contributed by atoms with Gasteiger partial charge >= 0.3 is 0 Å². The number of hydrogen-bond acceptors (Lipinski definition) is 10. The Morgan fingerprint density at radius 2 is 0.976 bits per heavy atom. The molecule has 42 heavy (non-hydrogen) atoms. The summed E-state index contributed by atoms with van der Waals surface area (Å²) in [5.41, 5.74) is -1.17. The minimum atomic E-state index is -0.793. The zero-order valence-electron chi connectivity index (χ0n) is 26.1. The molecule has 8 heterocycles. The van der Waals surface area contributed by atoms with Crippen molar-refractivity contribution >= 4 is 0 Å². The van der Waals surface area contributed by atoms with Crippen molar-refractivity contribution in [3.63, 3.8) is 0 Å². The van der Waals surface area contributed by atoms with Gasteiger partial charge < -0.3 is 28.4 Å². The maximum absolute atomic E-state index is 6.58. The fraction of sp³-hybridized carbons (Fsp3) is 1.00. The van der Waals surface area contributed by atoms with E-state index >= 15 is 0 Å². The third-order valence-electron chi connectivity index (χ3n) is 12.8. The van der Waals surface area contributed by atoms with Crippen LogP contribution in [0.3, 0.4) is 0 Å². The highest BCUT2D eigenvalue weighted by Crippen LogP contribution is 2.62. The van der Waals surface area contributed by atoms with E-state index in [1.165, 1.54) is 12.8 Å². The smallest absolute Gasteiger partial charge is 0.201 e. The molecule has 0 radical (unpaired) electrons. The van der Waals surface area contributed by atoms with Gasteiger partial charge in [-0.3, -0.25) is 0 Å². The first-order valence-electron chi connectivity index (χ1n) is 16.7. The van der Waals surface area contributed by atoms with Gasteiger partial charge in [-0.25, -0.2) is 19.6 Å². The van der Waals surface area contributed by atoms with Crippen LogP contribution >= 0.6 is 0 Å². The summed E-state index contributed by atoms with van der Waals surface area (Å²) in [6, 6.07) is 0. The molecule has 8 saturated heterocycles. The molecule has 0 aromatic heterocycles. The van der Waals surface area contributed by atoms with E-state index in [0.29, 0.717) is 36.9 Å². The van der Waals surface area contributed by atoms with Crippen molar-refractivity contribution < 1.29 is 48.0 Å². The molecule has 2 spiro atoms. The molecule has 4 bridgehead atoms. The van der Waals surface area contributed by atoms with Gasteiger partial charge in [0, 0.05) is 36.5 Å². The number of hydrogen-bond donors (Lipinski definition) is 0. The lowest BCUT2D eigenvalue weighted by Gasteiger charge is -2.60. The molecular formula is C32H50O10. The van der Waals surface area contributed by atoms with Crippen LogP contribution in [0.4, 0.5) is 0 Å². The SMILES string of the molecule is C[C@H]1[C@@H](OCCO[C@H]2O[C@@H]3O[C@@]4(C)CC[C@H]5[C@H](C)CC[C@@H]([C@H]2C)[C@@]35OO4)O[C@@H]2O[C@@]3(C)CC[C@H]4[C@H](C)CC[C@@H]1[C@@]24OO3. The zero-order chi connectivity index (χ0) is 29.1. The first kappa shape index (κ1) is 29.0. The molecule has 10 rings (SSSR count). The van der Waals surface area contributed by atoms with E-state index in [1.807, 2.05) is 13.8 Å². The normalized spacial score (nSPS) is 59.9. The molecule has 10 heteroatoms. The molecule has 238 valence electrons. The molecule has 0 amide bonds. The minimum absolute atomic E-state index is 0.129. The third-order valence-corrected chi connectivity index (χ3v) is 12.8. The maximum Gasteiger partial charge on any atom is 0.201 e. The van der Waals surface area contributed by atoms with E-state index in [2.05, 4.69) is 27.7 Å². The summed E-state index contributed by atoms with van der Waals surface area (Å²) in [4.78, 5) is 24.4. The molecule has 0 unspecified atom stereocenters. The number of ether oxygens (including phenoxy) is 6. The average Bonchev–Trinajstić information content (AvgIpc) is 3.33. The van der Waals surface area contributed by atoms with E-state index in [9.17, 15) is 0 Å². The van der Waals surface area contributed by atoms with E-state index in [1.54, 1.807) is 0 Å². The standard InChI is InChI=1S/C32H50O10/c1-17-7-9-23-19(3)25(35-27-31(23)21(17)11-13-29(5,37-27)39-41-31)33-15-16-34-26-20(4)24-10-8-18(2)22-12-14-30(6)38-28(36-26)32(22,24)42-40-30/h17-28H,7-16H2,1-6H3/t17-,18-,19-,20-,21+,22+,23+,24+,25+,26+,27-,28-,29-,30-,31-,32-/m1/s1. The molecule has 2 saturated carbocycles. The van der Waals surface area contributed by atoms with Crippen molar-refractivity contribution in [2.24, 2.45) is 47.3 Å². The summed E-state index contributed by atoms with van der Waals surface area (Å²) in [6.07, 6.45) is 6.21. The Balaban J connectivity index is 0.934. The van der Waals surface area contributed by atoms with Crippen LogP contribution in [0.25, 0.3) is 0 Å². The fourth-order valence-corrected chi connectivity index (χ4v) is 10.5. The van der Waals surface area contributed by atoms with Crippen molar-refractivity contribution in [2.75, 3.05) is 13.2 Å². The Morgan fingerprint density at radius 3 is 1.40 bits per heavy atom. The van der Waals surface area contributed by atoms with Gasteiger partial charge in [0.15, 0.2) is 36.4 Å². The highest BCUT2D eigenvalue weighted by atomic mass is 17.3. The molecule has 0 aromatic rings. The molecule has 2 aliphatic carbocycles. The first-order valence-corrected chi connectivity index (χ1v) is 16.7. The van der Waals surface area contributed by atoms with E-state index in [4.69, 9.17) is 48.0 Å². The van der Waals surface area contributed by atoms with Gasteiger partial charge in [-0.1, -0.05) is 27.7 Å². The Bertz CT molecular complexity index is 965. The zero-order valence-corrected chi connectivity index (χ0v) is 26.1. The van der Waals surface area contributed by atoms with Crippen LogP contribution in [-0.2, 0) is 48.0 Å². The van der Waals surface area contributed by atoms with Gasteiger partial charge in [-0.2, -0.15) is 0 Å². The molecule has 16 atom stereocenters. The van der Waals surface area contributed by atoms with Crippen molar-refractivity contribution in [3.8, 4) is 0 Å². The average molecular weight is 595 g/mol. The highest BCUT2D eigenvalue weighted by Gasteiger charge is 2.71. The maximum atomic E-state index is 6.58. The molecule has 10 nitrogen and oxygen atoms in total. The van der Waals surface area contributed by atoms with Gasteiger partial charge in [0.05, 0.1) is 13.2 Å². The second-order valence-corrected chi connectivity index (χ2v) is 15.3. The van der Waals surface area contributed by atoms with Crippen molar-refractivity contribution in [1.82, 2.24) is 0 Å². The largest absolute Gasteiger partial charge is 0.350 e. The molecule has 10 aliphatic rings. The van der Waals surface area contributed by atoms with Gasteiger partial charge in [0.25, 0.3) is 0 Å². The lowest BCUT2D eigenvalue weighted by molar-refractivity contribution is -0.578. The topological polar surface area (TPSA) is 92.3 Å². The fourth-order valence-electron chi connectivity index (χ4n) is 10.5. The van der Waals surface area contributed by atoms with Crippen LogP contribution in [0, 0.1) is 47.3 Å². The minimum Gasteiger partial charge on any atom is -0.350 e. The third kappa shape index (κ3) is 4.06. The summed E-state index contributed by atoms with van der Waals surface area (Å²) >= 11 is 0. The lowest BCUT2D eigenvalue weighted by Crippen LogP contribution is -2.70. The van der Waals surface area contributed by atoms with Gasteiger partial charge in [0.1, 0.15) is 0 Å². The summed E-state index contributed by atoms with van der Waals surface area (Å²) in [5, 5.41) is 0. The predicted molar refractivity (Wildman–Crippen MR) is 146 cm³/mol. The molecule has 10 fully saturated rings. The second-order valence-electron chi connectivity index (χ2n) is 15.3. The van der Waals surface area contributed by atoms with Crippen LogP contribution in [0.2, 0.25) is 0 Å². The lowest BCUT2D eigenvalue weighted by atomic mass is 9.58. The molecule has 0 aromatic carbocycles. The van der Waals surface area contributed by atoms with Crippen molar-refractivity contribution in [1.29, 1.82) is 0 Å². The quantitative estimate of drug-likeness (QED) is 0.303. The Hall–Kier alpha value is -0.400. The monoisotopic (exact) mass is 594 g/mol. The predicted octanol–water partition coefficient (Wildman–Crippen LogP) is 5.44. The van der Waals surface area contributed by atoms with Crippen LogP contribution in [-0.4, -0.2) is 61.2 Å². The molecule has 8 aliphatic heterocycles. The first-order chi connectivity index (χ1) is 20.1. The number of fused-ring (bicyclic) bond motifs is 4. The van der Waals surface area contributed by atoms with Crippen LogP contribution < -0.4 is 0 Å². The van der Waals surface area contributed by atoms with E-state index in [-0.39, 0.29) is 23.7 Å². The molecule has 0 N–H and O–H groups in total.